The quantitative estimate of drug-likeness (QED) is 0.256. The lowest BCUT2D eigenvalue weighted by molar-refractivity contribution is -0.126. The Hall–Kier alpha value is -1.25. The first-order chi connectivity index (χ1) is 4.16. The monoisotopic (exact) mass is 125 g/mol. The number of hydrogen-bond donors (Lipinski definition) is 1. The highest BCUT2D eigenvalue weighted by Crippen LogP contribution is 1.75. The minimum Gasteiger partial charge on any atom is -0.306 e. The molecule has 0 fully saturated rings. The number of allylic oxidation sites excluding steroid dienone is 2. The molecule has 3 nitrogen and oxygen atoms in total. The first-order valence-electron chi connectivity index (χ1n) is 2.39. The van der Waals surface area contributed by atoms with Gasteiger partial charge in [0, 0.05) is 5.71 Å². The summed E-state index contributed by atoms with van der Waals surface area (Å²) >= 11 is 0. The third kappa shape index (κ3) is 4.61. The second-order valence-corrected chi connectivity index (χ2v) is 1.54. The second kappa shape index (κ2) is 3.72. The van der Waals surface area contributed by atoms with Crippen molar-refractivity contribution in [2.24, 2.45) is 0 Å². The van der Waals surface area contributed by atoms with Crippen LogP contribution in [0.25, 0.3) is 0 Å². The second-order valence-electron chi connectivity index (χ2n) is 1.54. The predicted molar refractivity (Wildman–Crippen MR) is 33.6 cm³/mol. The van der Waals surface area contributed by atoms with Crippen LogP contribution in [0, 0.1) is 5.41 Å². The molecule has 0 aliphatic carbocycles. The van der Waals surface area contributed by atoms with E-state index in [4.69, 9.17) is 5.41 Å². The van der Waals surface area contributed by atoms with Gasteiger partial charge >= 0.3 is 0 Å². The normalized spacial score (nSPS) is 9.44. The van der Waals surface area contributed by atoms with E-state index in [1.165, 1.54) is 13.0 Å². The Morgan fingerprint density at radius 3 is 2.33 bits per heavy atom. The fourth-order valence-corrected chi connectivity index (χ4v) is 0.246. The van der Waals surface area contributed by atoms with E-state index in [9.17, 15) is 9.59 Å². The number of rotatable bonds is 3. The Kier molecular flexibility index (Phi) is 3.20. The Bertz CT molecular complexity index is 170. The lowest BCUT2D eigenvalue weighted by Crippen LogP contribution is -1.93. The number of aldehydes is 1. The lowest BCUT2D eigenvalue weighted by Gasteiger charge is -1.77. The molecule has 0 aliphatic heterocycles. The predicted octanol–water partition coefficient (Wildman–Crippen LogP) is 0.350. The molecule has 0 aromatic rings. The maximum atomic E-state index is 10.2. The fraction of sp³-hybridized carbons (Fsp3) is 0.167. The van der Waals surface area contributed by atoms with Gasteiger partial charge in [0.05, 0.1) is 0 Å². The molecule has 3 heteroatoms. The molecule has 0 bridgehead atoms. The van der Waals surface area contributed by atoms with E-state index in [0.717, 1.165) is 6.08 Å². The van der Waals surface area contributed by atoms with Crippen molar-refractivity contribution in [3.63, 3.8) is 0 Å². The summed E-state index contributed by atoms with van der Waals surface area (Å²) < 4.78 is 0. The van der Waals surface area contributed by atoms with Gasteiger partial charge in [0.15, 0.2) is 6.29 Å². The van der Waals surface area contributed by atoms with Crippen LogP contribution >= 0.6 is 0 Å². The summed E-state index contributed by atoms with van der Waals surface area (Å²) in [6.07, 6.45) is 2.55. The van der Waals surface area contributed by atoms with E-state index in [1.54, 1.807) is 0 Å². The van der Waals surface area contributed by atoms with Crippen LogP contribution in [0.4, 0.5) is 0 Å². The maximum Gasteiger partial charge on any atom is 0.218 e. The molecule has 0 radical (unpaired) electrons. The van der Waals surface area contributed by atoms with Crippen molar-refractivity contribution in [3.05, 3.63) is 12.2 Å². The fourth-order valence-electron chi connectivity index (χ4n) is 0.246. The highest BCUT2D eigenvalue weighted by Gasteiger charge is 1.87. The van der Waals surface area contributed by atoms with Crippen LogP contribution in [0.15, 0.2) is 12.2 Å². The Morgan fingerprint density at radius 1 is 1.44 bits per heavy atom. The smallest absolute Gasteiger partial charge is 0.218 e. The molecule has 0 aromatic carbocycles. The van der Waals surface area contributed by atoms with Crippen molar-refractivity contribution >= 4 is 17.8 Å². The molecule has 0 rings (SSSR count). The first-order valence-corrected chi connectivity index (χ1v) is 2.39. The molecular formula is C6H7NO2. The minimum atomic E-state index is -0.610. The van der Waals surface area contributed by atoms with Crippen LogP contribution in [0.5, 0.6) is 0 Å². The van der Waals surface area contributed by atoms with Crippen LogP contribution < -0.4 is 0 Å². The number of carbonyl (C=O) groups is 2. The van der Waals surface area contributed by atoms with Crippen molar-refractivity contribution in [2.75, 3.05) is 0 Å². The summed E-state index contributed by atoms with van der Waals surface area (Å²) in [6.45, 7) is 1.52. The standard InChI is InChI=1S/C6H7NO2/c1-5(7)2-3-6(9)4-8/h2-4,7H,1H3. The zero-order valence-electron chi connectivity index (χ0n) is 5.05. The van der Waals surface area contributed by atoms with Gasteiger partial charge in [0.1, 0.15) is 0 Å². The molecule has 1 N–H and O–H groups in total. The third-order valence-electron chi connectivity index (χ3n) is 0.614. The molecule has 0 amide bonds. The van der Waals surface area contributed by atoms with Crippen LogP contribution in [0.3, 0.4) is 0 Å². The topological polar surface area (TPSA) is 58.0 Å². The molecular weight excluding hydrogens is 118 g/mol. The Morgan fingerprint density at radius 2 is 2.00 bits per heavy atom. The largest absolute Gasteiger partial charge is 0.306 e. The van der Waals surface area contributed by atoms with Crippen molar-refractivity contribution in [2.45, 2.75) is 6.92 Å². The minimum absolute atomic E-state index is 0.208. The number of hydrogen-bond acceptors (Lipinski definition) is 3. The highest BCUT2D eigenvalue weighted by atomic mass is 16.2. The first kappa shape index (κ1) is 7.75. The highest BCUT2D eigenvalue weighted by molar-refractivity contribution is 6.31. The van der Waals surface area contributed by atoms with Crippen LogP contribution in [0.2, 0.25) is 0 Å². The summed E-state index contributed by atoms with van der Waals surface area (Å²) in [5.74, 6) is -0.610. The summed E-state index contributed by atoms with van der Waals surface area (Å²) in [4.78, 5) is 19.8. The maximum absolute atomic E-state index is 10.2. The number of ketones is 1. The molecule has 0 saturated carbocycles. The van der Waals surface area contributed by atoms with Gasteiger partial charge in [0.25, 0.3) is 0 Å². The summed E-state index contributed by atoms with van der Waals surface area (Å²) in [5, 5.41) is 6.81. The van der Waals surface area contributed by atoms with Gasteiger partial charge in [-0.05, 0) is 19.1 Å². The molecule has 0 aliphatic rings. The third-order valence-corrected chi connectivity index (χ3v) is 0.614. The average Bonchev–Trinajstić information content (AvgIpc) is 1.83. The van der Waals surface area contributed by atoms with Crippen molar-refractivity contribution < 1.29 is 9.59 Å². The molecule has 0 heterocycles. The Balaban J connectivity index is 3.85. The zero-order valence-corrected chi connectivity index (χ0v) is 5.05. The molecule has 0 spiro atoms. The molecule has 0 atom stereocenters. The van der Waals surface area contributed by atoms with Crippen LogP contribution in [0.1, 0.15) is 6.92 Å². The van der Waals surface area contributed by atoms with Gasteiger partial charge in [-0.3, -0.25) is 9.59 Å². The van der Waals surface area contributed by atoms with E-state index in [0.29, 0.717) is 0 Å². The van der Waals surface area contributed by atoms with Crippen molar-refractivity contribution in [1.82, 2.24) is 0 Å². The number of nitrogens with one attached hydrogen (secondary N) is 1. The summed E-state index contributed by atoms with van der Waals surface area (Å²) in [7, 11) is 0. The van der Waals surface area contributed by atoms with E-state index >= 15 is 0 Å². The molecule has 9 heavy (non-hydrogen) atoms. The molecule has 0 saturated heterocycles. The SMILES string of the molecule is CC(=N)C=CC(=O)C=O. The lowest BCUT2D eigenvalue weighted by atomic mass is 10.3. The van der Waals surface area contributed by atoms with Gasteiger partial charge in [-0.2, -0.15) is 0 Å². The van der Waals surface area contributed by atoms with Crippen LogP contribution in [-0.4, -0.2) is 17.8 Å². The van der Waals surface area contributed by atoms with E-state index in [2.05, 4.69) is 0 Å². The van der Waals surface area contributed by atoms with Gasteiger partial charge in [-0.25, -0.2) is 0 Å². The van der Waals surface area contributed by atoms with E-state index in [-0.39, 0.29) is 12.0 Å². The Labute approximate surface area is 52.9 Å². The van der Waals surface area contributed by atoms with Crippen molar-refractivity contribution in [1.29, 1.82) is 5.41 Å². The summed E-state index contributed by atoms with van der Waals surface area (Å²) in [5.41, 5.74) is 0.255. The van der Waals surface area contributed by atoms with Gasteiger partial charge < -0.3 is 5.41 Å². The van der Waals surface area contributed by atoms with Gasteiger partial charge in [-0.15, -0.1) is 0 Å². The zero-order chi connectivity index (χ0) is 7.28. The van der Waals surface area contributed by atoms with Gasteiger partial charge in [-0.1, -0.05) is 0 Å². The van der Waals surface area contributed by atoms with Crippen molar-refractivity contribution in [3.8, 4) is 0 Å². The molecule has 48 valence electrons. The molecule has 0 aromatic heterocycles. The van der Waals surface area contributed by atoms with Gasteiger partial charge in [0.2, 0.25) is 5.78 Å². The van der Waals surface area contributed by atoms with E-state index < -0.39 is 5.78 Å². The summed E-state index contributed by atoms with van der Waals surface area (Å²) in [6, 6.07) is 0. The number of carbonyl (C=O) groups excluding carboxylic acids is 2. The van der Waals surface area contributed by atoms with Crippen LogP contribution in [-0.2, 0) is 9.59 Å². The van der Waals surface area contributed by atoms with E-state index in [1.807, 2.05) is 0 Å². The average molecular weight is 125 g/mol. The molecule has 0 unspecified atom stereocenters.